The van der Waals surface area contributed by atoms with E-state index in [-0.39, 0.29) is 6.61 Å². The molecule has 0 aliphatic carbocycles. The summed E-state index contributed by atoms with van der Waals surface area (Å²) in [4.78, 5) is 34.9. The number of nitrogens with zero attached hydrogens (tertiary/aromatic N) is 1. The summed E-state index contributed by atoms with van der Waals surface area (Å²) in [7, 11) is 1.36. The fourth-order valence-electron chi connectivity index (χ4n) is 1.21. The lowest BCUT2D eigenvalue weighted by Gasteiger charge is -2.22. The van der Waals surface area contributed by atoms with Gasteiger partial charge in [-0.3, -0.25) is 9.59 Å². The van der Waals surface area contributed by atoms with E-state index in [1.807, 2.05) is 0 Å². The van der Waals surface area contributed by atoms with Crippen LogP contribution in [0.25, 0.3) is 0 Å². The molecular formula is C11H18N2O5S. The smallest absolute Gasteiger partial charge is 0.408 e. The summed E-state index contributed by atoms with van der Waals surface area (Å²) in [6.07, 6.45) is 2.44. The Morgan fingerprint density at radius 2 is 2.16 bits per heavy atom. The molecular weight excluding hydrogens is 272 g/mol. The molecule has 0 radical (unpaired) electrons. The third kappa shape index (κ3) is 7.35. The molecule has 0 fully saturated rings. The highest BCUT2D eigenvalue weighted by Crippen LogP contribution is 2.02. The van der Waals surface area contributed by atoms with Gasteiger partial charge in [0.15, 0.2) is 0 Å². The summed E-state index contributed by atoms with van der Waals surface area (Å²) in [5, 5.41) is 11.0. The van der Waals surface area contributed by atoms with Crippen molar-refractivity contribution >= 4 is 29.7 Å². The lowest BCUT2D eigenvalue weighted by molar-refractivity contribution is -0.143. The van der Waals surface area contributed by atoms with E-state index in [4.69, 9.17) is 9.84 Å². The van der Waals surface area contributed by atoms with Gasteiger partial charge in [-0.25, -0.2) is 4.79 Å². The van der Waals surface area contributed by atoms with Gasteiger partial charge in [-0.05, 0) is 6.26 Å². The number of carbonyl (C=O) groups is 3. The van der Waals surface area contributed by atoms with Crippen molar-refractivity contribution in [3.05, 3.63) is 12.7 Å². The van der Waals surface area contributed by atoms with Crippen molar-refractivity contribution in [2.24, 2.45) is 0 Å². The predicted molar refractivity (Wildman–Crippen MR) is 72.1 cm³/mol. The minimum atomic E-state index is -1.12. The van der Waals surface area contributed by atoms with E-state index in [1.165, 1.54) is 24.9 Å². The van der Waals surface area contributed by atoms with Crippen LogP contribution in [0.1, 0.15) is 0 Å². The summed E-state index contributed by atoms with van der Waals surface area (Å²) in [5.74, 6) is -1.27. The van der Waals surface area contributed by atoms with E-state index in [1.54, 1.807) is 6.26 Å². The molecule has 0 aromatic carbocycles. The van der Waals surface area contributed by atoms with Crippen molar-refractivity contribution in [3.63, 3.8) is 0 Å². The van der Waals surface area contributed by atoms with Crippen LogP contribution in [0.4, 0.5) is 4.79 Å². The number of nitrogens with one attached hydrogen (secondary N) is 1. The van der Waals surface area contributed by atoms with Crippen molar-refractivity contribution in [2.75, 3.05) is 32.2 Å². The number of alkyl carbamates (subject to hydrolysis) is 1. The van der Waals surface area contributed by atoms with E-state index >= 15 is 0 Å². The highest BCUT2D eigenvalue weighted by atomic mass is 32.2. The number of amides is 2. The van der Waals surface area contributed by atoms with Crippen LogP contribution in [0.3, 0.4) is 0 Å². The monoisotopic (exact) mass is 290 g/mol. The van der Waals surface area contributed by atoms with Gasteiger partial charge in [0.05, 0.1) is 0 Å². The maximum Gasteiger partial charge on any atom is 0.408 e. The van der Waals surface area contributed by atoms with Gasteiger partial charge in [-0.1, -0.05) is 12.7 Å². The van der Waals surface area contributed by atoms with E-state index in [9.17, 15) is 14.4 Å². The fraction of sp³-hybridized carbons (Fsp3) is 0.545. The summed E-state index contributed by atoms with van der Waals surface area (Å²) in [6, 6.07) is -0.823. The Hall–Kier alpha value is -1.70. The number of hydrogen-bond acceptors (Lipinski definition) is 5. The van der Waals surface area contributed by atoms with E-state index in [2.05, 4.69) is 11.9 Å². The third-order valence-corrected chi connectivity index (χ3v) is 2.67. The average molecular weight is 290 g/mol. The number of carbonyl (C=O) groups excluding carboxylic acids is 2. The van der Waals surface area contributed by atoms with Gasteiger partial charge < -0.3 is 20.1 Å². The fourth-order valence-corrected chi connectivity index (χ4v) is 1.77. The Kier molecular flexibility index (Phi) is 8.43. The van der Waals surface area contributed by atoms with Crippen LogP contribution in [0.2, 0.25) is 0 Å². The lowest BCUT2D eigenvalue weighted by atomic mass is 10.3. The van der Waals surface area contributed by atoms with E-state index < -0.39 is 30.6 Å². The molecule has 0 heterocycles. The highest BCUT2D eigenvalue weighted by molar-refractivity contribution is 7.98. The van der Waals surface area contributed by atoms with Gasteiger partial charge in [0.1, 0.15) is 19.2 Å². The first kappa shape index (κ1) is 17.3. The molecule has 0 bridgehead atoms. The molecule has 7 nitrogen and oxygen atoms in total. The number of ether oxygens (including phenoxy) is 1. The van der Waals surface area contributed by atoms with Crippen LogP contribution >= 0.6 is 11.8 Å². The Balaban J connectivity index is 4.52. The van der Waals surface area contributed by atoms with Gasteiger partial charge in [0.2, 0.25) is 5.91 Å². The number of aliphatic carboxylic acids is 1. The SMILES string of the molecule is C=CCOC(=O)NC(CSC)C(=O)N(C)CC(=O)O. The van der Waals surface area contributed by atoms with Crippen LogP contribution in [0.15, 0.2) is 12.7 Å². The second-order valence-electron chi connectivity index (χ2n) is 3.63. The largest absolute Gasteiger partial charge is 0.480 e. The topological polar surface area (TPSA) is 95.9 Å². The molecule has 0 saturated heterocycles. The van der Waals surface area contributed by atoms with Gasteiger partial charge >= 0.3 is 12.1 Å². The maximum absolute atomic E-state index is 11.9. The Morgan fingerprint density at radius 1 is 1.53 bits per heavy atom. The van der Waals surface area contributed by atoms with Crippen LogP contribution < -0.4 is 5.32 Å². The zero-order chi connectivity index (χ0) is 14.8. The summed E-state index contributed by atoms with van der Waals surface area (Å²) in [5.41, 5.74) is 0. The molecule has 2 N–H and O–H groups in total. The van der Waals surface area contributed by atoms with Crippen LogP contribution in [-0.4, -0.2) is 66.2 Å². The molecule has 0 spiro atoms. The second kappa shape index (κ2) is 9.26. The maximum atomic E-state index is 11.9. The number of carboxylic acids is 1. The number of likely N-dealkylation sites (N-methyl/N-ethyl adjacent to an activating group) is 1. The van der Waals surface area contributed by atoms with Crippen LogP contribution in [0.5, 0.6) is 0 Å². The number of hydrogen-bond donors (Lipinski definition) is 2. The molecule has 2 amide bonds. The van der Waals surface area contributed by atoms with Crippen molar-refractivity contribution in [1.29, 1.82) is 0 Å². The van der Waals surface area contributed by atoms with Gasteiger partial charge in [-0.15, -0.1) is 0 Å². The zero-order valence-corrected chi connectivity index (χ0v) is 11.7. The van der Waals surface area contributed by atoms with E-state index in [0.29, 0.717) is 5.75 Å². The molecule has 19 heavy (non-hydrogen) atoms. The molecule has 0 aliphatic heterocycles. The minimum Gasteiger partial charge on any atom is -0.480 e. The summed E-state index contributed by atoms with van der Waals surface area (Å²) >= 11 is 1.35. The normalized spacial score (nSPS) is 11.3. The third-order valence-electron chi connectivity index (χ3n) is 2.00. The molecule has 1 atom stereocenters. The molecule has 0 aromatic heterocycles. The van der Waals surface area contributed by atoms with Gasteiger partial charge in [-0.2, -0.15) is 11.8 Å². The van der Waals surface area contributed by atoms with Crippen LogP contribution in [-0.2, 0) is 14.3 Å². The number of thioether (sulfide) groups is 1. The second-order valence-corrected chi connectivity index (χ2v) is 4.54. The molecule has 0 aromatic rings. The van der Waals surface area contributed by atoms with Crippen molar-refractivity contribution in [2.45, 2.75) is 6.04 Å². The van der Waals surface area contributed by atoms with Crippen LogP contribution in [0, 0.1) is 0 Å². The lowest BCUT2D eigenvalue weighted by Crippen LogP contribution is -2.50. The first-order valence-corrected chi connectivity index (χ1v) is 6.81. The summed E-state index contributed by atoms with van der Waals surface area (Å²) < 4.78 is 4.71. The van der Waals surface area contributed by atoms with Crippen molar-refractivity contribution in [1.82, 2.24) is 10.2 Å². The Labute approximate surface area is 116 Å². The minimum absolute atomic E-state index is 0.0387. The quantitative estimate of drug-likeness (QED) is 0.619. The van der Waals surface area contributed by atoms with Gasteiger partial charge in [0, 0.05) is 12.8 Å². The number of carboxylic acid groups (broad SMARTS) is 1. The molecule has 1 unspecified atom stereocenters. The van der Waals surface area contributed by atoms with Crippen molar-refractivity contribution in [3.8, 4) is 0 Å². The molecule has 8 heteroatoms. The zero-order valence-electron chi connectivity index (χ0n) is 10.9. The molecule has 0 aliphatic rings. The van der Waals surface area contributed by atoms with Gasteiger partial charge in [0.25, 0.3) is 0 Å². The first-order valence-electron chi connectivity index (χ1n) is 5.42. The van der Waals surface area contributed by atoms with E-state index in [0.717, 1.165) is 4.90 Å². The molecule has 0 rings (SSSR count). The molecule has 0 saturated carbocycles. The Bertz CT molecular complexity index is 348. The standard InChI is InChI=1S/C11H18N2O5S/c1-4-5-18-11(17)12-8(7-19-3)10(16)13(2)6-9(14)15/h4,8H,1,5-7H2,2-3H3,(H,12,17)(H,14,15). The van der Waals surface area contributed by atoms with Crippen molar-refractivity contribution < 1.29 is 24.2 Å². The molecule has 108 valence electrons. The average Bonchev–Trinajstić information content (AvgIpc) is 2.34. The predicted octanol–water partition coefficient (Wildman–Crippen LogP) is 0.173. The highest BCUT2D eigenvalue weighted by Gasteiger charge is 2.25. The Morgan fingerprint density at radius 3 is 2.63 bits per heavy atom. The number of rotatable bonds is 8. The summed E-state index contributed by atoms with van der Waals surface area (Å²) in [6.45, 7) is 3.01. The first-order chi connectivity index (χ1) is 8.92.